The predicted octanol–water partition coefficient (Wildman–Crippen LogP) is 1.80. The lowest BCUT2D eigenvalue weighted by atomic mass is 10.4. The fourth-order valence-corrected chi connectivity index (χ4v) is 1.61. The first-order valence-electron chi connectivity index (χ1n) is 7.58. The van der Waals surface area contributed by atoms with Crippen LogP contribution in [0.3, 0.4) is 0 Å². The summed E-state index contributed by atoms with van der Waals surface area (Å²) in [6.07, 6.45) is 0.677. The Hall–Kier alpha value is -0.200. The van der Waals surface area contributed by atoms with E-state index in [-0.39, 0.29) is 0 Å². The van der Waals surface area contributed by atoms with E-state index in [1.54, 1.807) is 7.11 Å². The second-order valence-electron chi connectivity index (χ2n) is 5.29. The molecule has 0 amide bonds. The maximum absolute atomic E-state index is 5.46. The molecule has 0 aromatic heterocycles. The van der Waals surface area contributed by atoms with Gasteiger partial charge in [0.15, 0.2) is 0 Å². The van der Waals surface area contributed by atoms with Gasteiger partial charge in [-0.15, -0.1) is 0 Å². The second-order valence-corrected chi connectivity index (χ2v) is 5.29. The average Bonchev–Trinajstić information content (AvgIpc) is 2.40. The van der Waals surface area contributed by atoms with Crippen molar-refractivity contribution in [3.05, 3.63) is 0 Å². The zero-order chi connectivity index (χ0) is 15.2. The van der Waals surface area contributed by atoms with Gasteiger partial charge in [-0.2, -0.15) is 0 Å². The topological polar surface area (TPSA) is 40.2 Å². The summed E-state index contributed by atoms with van der Waals surface area (Å²) in [4.78, 5) is 2.38. The van der Waals surface area contributed by atoms with Crippen molar-refractivity contribution in [2.45, 2.75) is 39.9 Å². The van der Waals surface area contributed by atoms with Gasteiger partial charge in [0.2, 0.25) is 0 Å². The monoisotopic (exact) mass is 291 g/mol. The maximum Gasteiger partial charge on any atom is 0.0703 e. The van der Waals surface area contributed by atoms with E-state index in [2.05, 4.69) is 18.7 Å². The van der Waals surface area contributed by atoms with Crippen LogP contribution in [-0.2, 0) is 18.9 Å². The highest BCUT2D eigenvalue weighted by atomic mass is 16.5. The molecule has 0 saturated carbocycles. The van der Waals surface area contributed by atoms with Crippen molar-refractivity contribution < 1.29 is 18.9 Å². The van der Waals surface area contributed by atoms with E-state index in [0.717, 1.165) is 39.5 Å². The zero-order valence-electron chi connectivity index (χ0n) is 13.9. The SMILES string of the molecule is CC(C)OCCN1CCOCC1.COCCOC(C)C. The molecule has 0 bridgehead atoms. The van der Waals surface area contributed by atoms with Crippen molar-refractivity contribution in [3.63, 3.8) is 0 Å². The molecule has 1 aliphatic rings. The molecule has 1 saturated heterocycles. The van der Waals surface area contributed by atoms with Gasteiger partial charge in [-0.1, -0.05) is 0 Å². The minimum absolute atomic E-state index is 0.324. The van der Waals surface area contributed by atoms with E-state index in [9.17, 15) is 0 Å². The summed E-state index contributed by atoms with van der Waals surface area (Å²) in [6.45, 7) is 15.3. The highest BCUT2D eigenvalue weighted by Gasteiger charge is 2.09. The molecule has 1 rings (SSSR count). The smallest absolute Gasteiger partial charge is 0.0703 e. The molecule has 0 spiro atoms. The number of methoxy groups -OCH3 is 1. The molecule has 5 heteroatoms. The molecule has 0 atom stereocenters. The highest BCUT2D eigenvalue weighted by molar-refractivity contribution is 4.60. The number of hydrogen-bond donors (Lipinski definition) is 0. The van der Waals surface area contributed by atoms with Gasteiger partial charge in [-0.25, -0.2) is 0 Å². The Morgan fingerprint density at radius 1 is 0.900 bits per heavy atom. The van der Waals surface area contributed by atoms with Gasteiger partial charge in [0.25, 0.3) is 0 Å². The van der Waals surface area contributed by atoms with Crippen LogP contribution in [0.25, 0.3) is 0 Å². The molecule has 1 aliphatic heterocycles. The van der Waals surface area contributed by atoms with E-state index >= 15 is 0 Å². The van der Waals surface area contributed by atoms with Crippen LogP contribution in [0.2, 0.25) is 0 Å². The van der Waals surface area contributed by atoms with Crippen LogP contribution in [0.4, 0.5) is 0 Å². The number of ether oxygens (including phenoxy) is 4. The highest BCUT2D eigenvalue weighted by Crippen LogP contribution is 1.96. The molecule has 0 N–H and O–H groups in total. The average molecular weight is 291 g/mol. The third kappa shape index (κ3) is 14.2. The summed E-state index contributed by atoms with van der Waals surface area (Å²) >= 11 is 0. The van der Waals surface area contributed by atoms with Gasteiger partial charge in [0.1, 0.15) is 0 Å². The number of morpholine rings is 1. The Bertz CT molecular complexity index is 194. The van der Waals surface area contributed by atoms with Gasteiger partial charge >= 0.3 is 0 Å². The number of rotatable bonds is 8. The first-order chi connectivity index (χ1) is 9.56. The summed E-state index contributed by atoms with van der Waals surface area (Å²) in [5, 5.41) is 0. The van der Waals surface area contributed by atoms with Crippen LogP contribution in [-0.4, -0.2) is 76.9 Å². The van der Waals surface area contributed by atoms with Crippen molar-refractivity contribution in [3.8, 4) is 0 Å². The van der Waals surface area contributed by atoms with Crippen molar-refractivity contribution >= 4 is 0 Å². The van der Waals surface area contributed by atoms with Crippen molar-refractivity contribution in [2.75, 3.05) is 59.8 Å². The molecule has 1 fully saturated rings. The molecule has 0 radical (unpaired) electrons. The molecule has 0 aliphatic carbocycles. The Kier molecular flexibility index (Phi) is 13.6. The van der Waals surface area contributed by atoms with Crippen LogP contribution in [0.1, 0.15) is 27.7 Å². The summed E-state index contributed by atoms with van der Waals surface area (Å²) in [5.41, 5.74) is 0. The molecular weight excluding hydrogens is 258 g/mol. The van der Waals surface area contributed by atoms with Crippen LogP contribution < -0.4 is 0 Å². The minimum atomic E-state index is 0.324. The number of hydrogen-bond acceptors (Lipinski definition) is 5. The quantitative estimate of drug-likeness (QED) is 0.638. The lowest BCUT2D eigenvalue weighted by Crippen LogP contribution is -2.38. The molecule has 122 valence electrons. The van der Waals surface area contributed by atoms with Crippen LogP contribution in [0.15, 0.2) is 0 Å². The van der Waals surface area contributed by atoms with Gasteiger partial charge in [-0.05, 0) is 27.7 Å². The third-order valence-corrected chi connectivity index (χ3v) is 2.70. The molecule has 20 heavy (non-hydrogen) atoms. The van der Waals surface area contributed by atoms with Gasteiger partial charge < -0.3 is 18.9 Å². The first-order valence-corrected chi connectivity index (χ1v) is 7.58. The van der Waals surface area contributed by atoms with E-state index in [4.69, 9.17) is 18.9 Å². The molecular formula is C15H33NO4. The van der Waals surface area contributed by atoms with E-state index < -0.39 is 0 Å². The molecule has 0 aromatic carbocycles. The van der Waals surface area contributed by atoms with Crippen molar-refractivity contribution in [1.29, 1.82) is 0 Å². The normalized spacial score (nSPS) is 16.4. The van der Waals surface area contributed by atoms with Crippen molar-refractivity contribution in [2.24, 2.45) is 0 Å². The molecule has 1 heterocycles. The summed E-state index contributed by atoms with van der Waals surface area (Å²) < 4.78 is 20.6. The van der Waals surface area contributed by atoms with Gasteiger partial charge in [-0.3, -0.25) is 4.90 Å². The lowest BCUT2D eigenvalue weighted by molar-refractivity contribution is 0.00965. The standard InChI is InChI=1S/C9H19NO2.C6H14O2/c1-9(2)12-8-5-10-3-6-11-7-4-10;1-6(2)8-5-4-7-3/h9H,3-8H2,1-2H3;6H,4-5H2,1-3H3. The van der Waals surface area contributed by atoms with E-state index in [1.165, 1.54) is 0 Å². The summed E-state index contributed by atoms with van der Waals surface area (Å²) in [6, 6.07) is 0. The van der Waals surface area contributed by atoms with Crippen molar-refractivity contribution in [1.82, 2.24) is 4.90 Å². The molecule has 0 aromatic rings. The Balaban J connectivity index is 0.000000396. The van der Waals surface area contributed by atoms with Gasteiger partial charge in [0, 0.05) is 26.7 Å². The Labute approximate surface area is 124 Å². The lowest BCUT2D eigenvalue weighted by Gasteiger charge is -2.26. The predicted molar refractivity (Wildman–Crippen MR) is 81.3 cm³/mol. The maximum atomic E-state index is 5.46. The summed E-state index contributed by atoms with van der Waals surface area (Å²) in [5.74, 6) is 0. The zero-order valence-corrected chi connectivity index (χ0v) is 13.9. The number of nitrogens with zero attached hydrogens (tertiary/aromatic N) is 1. The van der Waals surface area contributed by atoms with Gasteiger partial charge in [0.05, 0.1) is 45.2 Å². The third-order valence-electron chi connectivity index (χ3n) is 2.70. The second kappa shape index (κ2) is 13.8. The largest absolute Gasteiger partial charge is 0.382 e. The Morgan fingerprint density at radius 2 is 1.45 bits per heavy atom. The fourth-order valence-electron chi connectivity index (χ4n) is 1.61. The van der Waals surface area contributed by atoms with Crippen LogP contribution >= 0.6 is 0 Å². The Morgan fingerprint density at radius 3 is 1.95 bits per heavy atom. The van der Waals surface area contributed by atoms with Crippen LogP contribution in [0.5, 0.6) is 0 Å². The molecule has 0 unspecified atom stereocenters. The van der Waals surface area contributed by atoms with E-state index in [1.807, 2.05) is 13.8 Å². The summed E-state index contributed by atoms with van der Waals surface area (Å²) in [7, 11) is 1.67. The molecule has 5 nitrogen and oxygen atoms in total. The van der Waals surface area contributed by atoms with Crippen LogP contribution in [0, 0.1) is 0 Å². The fraction of sp³-hybridized carbons (Fsp3) is 1.00. The van der Waals surface area contributed by atoms with E-state index in [0.29, 0.717) is 25.4 Å². The minimum Gasteiger partial charge on any atom is -0.382 e. The first kappa shape index (κ1) is 19.8.